The van der Waals surface area contributed by atoms with E-state index in [0.29, 0.717) is 46.7 Å². The molecule has 7 aromatic carbocycles. The number of rotatable bonds is 5. The fourth-order valence-corrected chi connectivity index (χ4v) is 24.5. The third-order valence-electron chi connectivity index (χ3n) is 29.2. The van der Waals surface area contributed by atoms with Crippen LogP contribution in [0.1, 0.15) is 219 Å². The number of hydrogen-bond donors (Lipinski definition) is 0. The molecule has 0 aromatic heterocycles. The first-order chi connectivity index (χ1) is 48.4. The first-order valence-electron chi connectivity index (χ1n) is 40.5. The summed E-state index contributed by atoms with van der Waals surface area (Å²) in [5.74, 6) is 4.14. The van der Waals surface area contributed by atoms with Gasteiger partial charge in [0.2, 0.25) is 0 Å². The van der Waals surface area contributed by atoms with Crippen molar-refractivity contribution in [3.05, 3.63) is 203 Å². The number of para-hydroxylation sites is 8. The molecule has 102 heavy (non-hydrogen) atoms. The Morgan fingerprint density at radius 3 is 1.19 bits per heavy atom. The van der Waals surface area contributed by atoms with Crippen LogP contribution >= 0.6 is 0 Å². The highest BCUT2D eigenvalue weighted by molar-refractivity contribution is 5.82. The smallest absolute Gasteiger partial charge is 0.170 e. The summed E-state index contributed by atoms with van der Waals surface area (Å²) >= 11 is 0. The van der Waals surface area contributed by atoms with Crippen molar-refractivity contribution >= 4 is 45.5 Å². The van der Waals surface area contributed by atoms with Crippen molar-refractivity contribution in [1.29, 1.82) is 0 Å². The van der Waals surface area contributed by atoms with Crippen molar-refractivity contribution < 1.29 is 4.48 Å². The molecule has 5 aliphatic heterocycles. The molecular formula is C95H133N7+2. The topological polar surface area (TPSA) is 16.2 Å². The minimum absolute atomic E-state index is 0.217. The summed E-state index contributed by atoms with van der Waals surface area (Å²) in [7, 11) is 9.21. The molecule has 5 heterocycles. The molecule has 3 spiro atoms. The van der Waals surface area contributed by atoms with E-state index in [1.54, 1.807) is 12.0 Å². The Balaban J connectivity index is 0.000000114. The number of benzene rings is 7. The van der Waals surface area contributed by atoms with Crippen LogP contribution in [-0.4, -0.2) is 86.3 Å². The molecule has 6 aliphatic carbocycles. The van der Waals surface area contributed by atoms with Crippen molar-refractivity contribution in [3.8, 4) is 0 Å². The van der Waals surface area contributed by atoms with Crippen LogP contribution in [0.2, 0.25) is 0 Å². The maximum atomic E-state index is 2.82. The molecule has 7 aromatic rings. The Bertz CT molecular complexity index is 4030. The molecular weight excluding hydrogens is 1240 g/mol. The van der Waals surface area contributed by atoms with E-state index in [9.17, 15) is 0 Å². The second-order valence-corrected chi connectivity index (χ2v) is 37.4. The van der Waals surface area contributed by atoms with Crippen LogP contribution < -0.4 is 29.0 Å². The molecule has 5 atom stereocenters. The van der Waals surface area contributed by atoms with Gasteiger partial charge in [-0.2, -0.15) is 0 Å². The molecule has 9 fully saturated rings. The lowest BCUT2D eigenvalue weighted by molar-refractivity contribution is -0.900. The molecule has 0 amide bonds. The molecule has 546 valence electrons. The third kappa shape index (κ3) is 12.9. The standard InChI is InChI=1S/C23H33N.C21H25N.C19H29N.C17H21N2.C15H25N2/c1-15-7-5-6-8-21(15)24-16(2)23(14-22(24,3)4)19-10-17-9-18(12-19)13-20(23)11-17;1-16-10-4-6-12-19(16)22-17(2)21(14-8-3-9-15-21)18-11-5-7-13-20(18)22;1-15-10-6-7-11-17(15)20-16(2)19(14-18(20,3)4)12-8-5-9-13-19;1-13-9-5-6-10-15(13)18-14(2)19(3,4)17-12-8-7-11-16(17)18;1-12-9-7-8-10-14(12)16-13(2)17(5,6)11-15(16,3)4/h5-8,16-20H,9-14H2,1-4H3;4-7,10-13,17H,3,8-9,14-15H2,1-2H3;6-7,10-11,16H,5,8-9,12-14H2,1-4H3;5-12,14H,1-4H3;7-10,13H,11H2,1-6H3/q;;;2*+1. The quantitative estimate of drug-likeness (QED) is 0.159. The van der Waals surface area contributed by atoms with Gasteiger partial charge in [0.15, 0.2) is 18.0 Å². The van der Waals surface area contributed by atoms with E-state index < -0.39 is 0 Å². The predicted octanol–water partition coefficient (Wildman–Crippen LogP) is 24.0. The fourth-order valence-electron chi connectivity index (χ4n) is 24.5. The van der Waals surface area contributed by atoms with Gasteiger partial charge in [-0.3, -0.25) is 9.38 Å². The van der Waals surface area contributed by atoms with Crippen LogP contribution in [0.5, 0.6) is 0 Å². The number of nitrogens with zero attached hydrogens (tertiary/aromatic N) is 7. The van der Waals surface area contributed by atoms with Crippen LogP contribution in [0.25, 0.3) is 0 Å². The Labute approximate surface area is 620 Å². The lowest BCUT2D eigenvalue weighted by atomic mass is 9.43. The van der Waals surface area contributed by atoms with Crippen LogP contribution in [-0.2, 0) is 5.41 Å². The molecule has 3 saturated heterocycles. The maximum absolute atomic E-state index is 2.82. The van der Waals surface area contributed by atoms with E-state index in [-0.39, 0.29) is 16.6 Å². The van der Waals surface area contributed by atoms with Gasteiger partial charge < -0.3 is 24.1 Å². The normalized spacial score (nSPS) is 29.3. The van der Waals surface area contributed by atoms with E-state index >= 15 is 0 Å². The Morgan fingerprint density at radius 2 is 0.725 bits per heavy atom. The largest absolute Gasteiger partial charge is 0.363 e. The predicted molar refractivity (Wildman–Crippen MR) is 440 cm³/mol. The SMILES string of the molecule is Cc1ccccc1N1C(C)C2(CC1(C)C)C1CC3CC(C1)CC2C3.Cc1ccccc1N1C(C)C2(CCCCC2)CC1(C)C.Cc1ccccc1N1C(C)[N+](C)(C)CC1(C)C.Cc1ccccc1N1c2ccccc2C2(CCCCC2)C1C.Cc1ccccc1N1c2ccccc2[N+](C)(C)C1C. The van der Waals surface area contributed by atoms with E-state index in [1.807, 2.05) is 0 Å². The summed E-state index contributed by atoms with van der Waals surface area (Å²) in [4.78, 5) is 13.2. The van der Waals surface area contributed by atoms with Gasteiger partial charge >= 0.3 is 0 Å². The van der Waals surface area contributed by atoms with Gasteiger partial charge in [-0.15, -0.1) is 0 Å². The highest BCUT2D eigenvalue weighted by atomic mass is 15.5. The Hall–Kier alpha value is -6.54. The van der Waals surface area contributed by atoms with Gasteiger partial charge in [-0.25, -0.2) is 0 Å². The van der Waals surface area contributed by atoms with E-state index in [4.69, 9.17) is 0 Å². The fraction of sp³-hybridized carbons (Fsp3) is 0.558. The van der Waals surface area contributed by atoms with Gasteiger partial charge in [0.1, 0.15) is 12.2 Å². The van der Waals surface area contributed by atoms with Gasteiger partial charge in [-0.1, -0.05) is 160 Å². The zero-order chi connectivity index (χ0) is 72.7. The summed E-state index contributed by atoms with van der Waals surface area (Å²) in [5.41, 5.74) is 22.0. The lowest BCUT2D eigenvalue weighted by Gasteiger charge is -2.62. The summed E-state index contributed by atoms with van der Waals surface area (Å²) in [6.07, 6.45) is 25.4. The first-order valence-corrected chi connectivity index (χ1v) is 40.5. The van der Waals surface area contributed by atoms with Gasteiger partial charge in [0, 0.05) is 88.7 Å². The number of hydrogen-bond acceptors (Lipinski definition) is 5. The Kier molecular flexibility index (Phi) is 20.3. The molecule has 6 saturated carbocycles. The summed E-state index contributed by atoms with van der Waals surface area (Å²) in [6, 6.07) is 63.9. The van der Waals surface area contributed by atoms with Gasteiger partial charge in [0.05, 0.1) is 33.7 Å². The average molecular weight is 1370 g/mol. The van der Waals surface area contributed by atoms with Gasteiger partial charge in [-0.05, 0) is 278 Å². The van der Waals surface area contributed by atoms with Crippen LogP contribution in [0.15, 0.2) is 170 Å². The average Bonchev–Trinajstić information content (AvgIpc) is 0.921. The van der Waals surface area contributed by atoms with E-state index in [0.717, 1.165) is 32.6 Å². The second-order valence-electron chi connectivity index (χ2n) is 37.4. The van der Waals surface area contributed by atoms with Crippen LogP contribution in [0.3, 0.4) is 0 Å². The molecule has 18 rings (SSSR count). The molecule has 7 heteroatoms. The second kappa shape index (κ2) is 28.1. The van der Waals surface area contributed by atoms with Gasteiger partial charge in [0.25, 0.3) is 0 Å². The van der Waals surface area contributed by atoms with Crippen molar-refractivity contribution in [3.63, 3.8) is 0 Å². The lowest BCUT2D eigenvalue weighted by Crippen LogP contribution is -2.57. The van der Waals surface area contributed by atoms with Crippen molar-refractivity contribution in [1.82, 2.24) is 4.48 Å². The number of fused-ring (bicyclic) bond motifs is 3. The molecule has 0 N–H and O–H groups in total. The van der Waals surface area contributed by atoms with Crippen LogP contribution in [0, 0.1) is 69.1 Å². The highest BCUT2D eigenvalue weighted by Gasteiger charge is 2.66. The molecule has 4 bridgehead atoms. The van der Waals surface area contributed by atoms with E-state index in [1.165, 1.54) is 183 Å². The summed E-state index contributed by atoms with van der Waals surface area (Å²) in [6.45, 7) is 39.1. The minimum atomic E-state index is 0.217. The number of anilines is 7. The zero-order valence-corrected chi connectivity index (χ0v) is 67.2. The molecule has 11 aliphatic rings. The van der Waals surface area contributed by atoms with E-state index in [2.05, 4.69) is 333 Å². The monoisotopic (exact) mass is 1370 g/mol. The van der Waals surface area contributed by atoms with Crippen LogP contribution in [0.4, 0.5) is 45.5 Å². The summed E-state index contributed by atoms with van der Waals surface area (Å²) in [5, 5.41) is 0. The third-order valence-corrected chi connectivity index (χ3v) is 29.2. The molecule has 5 unspecified atom stereocenters. The summed E-state index contributed by atoms with van der Waals surface area (Å²) < 4.78 is 1.95. The molecule has 7 nitrogen and oxygen atoms in total. The van der Waals surface area contributed by atoms with Crippen molar-refractivity contribution in [2.75, 3.05) is 59.2 Å². The number of likely N-dealkylation sites (N-methyl/N-ethyl adjacent to an activating group) is 1. The maximum Gasteiger partial charge on any atom is 0.170 e. The Morgan fingerprint density at radius 1 is 0.343 bits per heavy atom. The molecule has 0 radical (unpaired) electrons. The minimum Gasteiger partial charge on any atom is -0.363 e. The van der Waals surface area contributed by atoms with Crippen molar-refractivity contribution in [2.24, 2.45) is 34.5 Å². The zero-order valence-electron chi connectivity index (χ0n) is 67.2. The van der Waals surface area contributed by atoms with Crippen molar-refractivity contribution in [2.45, 2.75) is 272 Å². The highest BCUT2D eigenvalue weighted by Crippen LogP contribution is 2.70. The first kappa shape index (κ1) is 73.8. The number of quaternary nitrogens is 2. The number of aryl methyl sites for hydroxylation is 5.